The topological polar surface area (TPSA) is 62.6 Å². The summed E-state index contributed by atoms with van der Waals surface area (Å²) < 4.78 is 11.3. The highest BCUT2D eigenvalue weighted by molar-refractivity contribution is 6.31. The van der Waals surface area contributed by atoms with Crippen molar-refractivity contribution in [1.82, 2.24) is 4.90 Å². The maximum absolute atomic E-state index is 12.5. The van der Waals surface area contributed by atoms with Gasteiger partial charge in [0.2, 0.25) is 0 Å². The van der Waals surface area contributed by atoms with Crippen molar-refractivity contribution in [3.8, 4) is 17.6 Å². The predicted octanol–water partition coefficient (Wildman–Crippen LogP) is 4.46. The van der Waals surface area contributed by atoms with E-state index >= 15 is 0 Å². The molecule has 1 fully saturated rings. The summed E-state index contributed by atoms with van der Waals surface area (Å²) >= 11 is 6.16. The quantitative estimate of drug-likeness (QED) is 0.534. The van der Waals surface area contributed by atoms with Gasteiger partial charge in [0.1, 0.15) is 18.2 Å². The lowest BCUT2D eigenvalue weighted by Crippen LogP contribution is -2.28. The van der Waals surface area contributed by atoms with Gasteiger partial charge in [-0.15, -0.1) is 0 Å². The average Bonchev–Trinajstić information content (AvgIpc) is 3.26. The van der Waals surface area contributed by atoms with E-state index in [9.17, 15) is 10.1 Å². The number of nitrogens with zero attached hydrogens (tertiary/aromatic N) is 2. The number of carbonyl (C=O) groups excluding carboxylic acids is 1. The Balaban J connectivity index is 1.77. The van der Waals surface area contributed by atoms with E-state index in [2.05, 4.69) is 0 Å². The van der Waals surface area contributed by atoms with Crippen LogP contribution in [0.4, 0.5) is 0 Å². The van der Waals surface area contributed by atoms with Crippen LogP contribution in [0.5, 0.6) is 11.5 Å². The van der Waals surface area contributed by atoms with Crippen LogP contribution >= 0.6 is 11.6 Å². The van der Waals surface area contributed by atoms with Crippen molar-refractivity contribution in [1.29, 1.82) is 5.26 Å². The third-order valence-corrected chi connectivity index (χ3v) is 4.95. The number of rotatable bonds is 6. The Morgan fingerprint density at radius 1 is 1.21 bits per heavy atom. The molecule has 0 aliphatic carbocycles. The molecule has 1 amide bonds. The summed E-state index contributed by atoms with van der Waals surface area (Å²) in [6.07, 6.45) is 3.55. The summed E-state index contributed by atoms with van der Waals surface area (Å²) in [5.41, 5.74) is 1.69. The lowest BCUT2D eigenvalue weighted by atomic mass is 10.1. The first kappa shape index (κ1) is 19.8. The number of halogens is 1. The molecule has 2 aromatic rings. The summed E-state index contributed by atoms with van der Waals surface area (Å²) in [6.45, 7) is 1.72. The summed E-state index contributed by atoms with van der Waals surface area (Å²) in [4.78, 5) is 14.2. The molecule has 144 valence electrons. The Morgan fingerprint density at radius 3 is 2.64 bits per heavy atom. The summed E-state index contributed by atoms with van der Waals surface area (Å²) in [6, 6.07) is 14.8. The number of hydrogen-bond acceptors (Lipinski definition) is 4. The molecular weight excluding hydrogens is 376 g/mol. The first-order valence-corrected chi connectivity index (χ1v) is 9.45. The van der Waals surface area contributed by atoms with Crippen molar-refractivity contribution in [3.05, 3.63) is 64.2 Å². The zero-order chi connectivity index (χ0) is 19.9. The van der Waals surface area contributed by atoms with Crippen LogP contribution in [-0.4, -0.2) is 31.0 Å². The Bertz CT molecular complexity index is 928. The van der Waals surface area contributed by atoms with Gasteiger partial charge in [0, 0.05) is 23.7 Å². The second-order valence-corrected chi connectivity index (χ2v) is 6.87. The molecule has 1 saturated heterocycles. The minimum atomic E-state index is -0.224. The number of amides is 1. The van der Waals surface area contributed by atoms with Crippen LogP contribution < -0.4 is 9.47 Å². The molecule has 1 heterocycles. The molecule has 3 rings (SSSR count). The number of benzene rings is 2. The fourth-order valence-electron chi connectivity index (χ4n) is 3.06. The van der Waals surface area contributed by atoms with Crippen molar-refractivity contribution >= 4 is 23.6 Å². The van der Waals surface area contributed by atoms with Crippen LogP contribution in [0.25, 0.3) is 6.08 Å². The van der Waals surface area contributed by atoms with E-state index in [1.165, 1.54) is 0 Å². The predicted molar refractivity (Wildman–Crippen MR) is 108 cm³/mol. The van der Waals surface area contributed by atoms with Gasteiger partial charge >= 0.3 is 0 Å². The van der Waals surface area contributed by atoms with Gasteiger partial charge in [0.15, 0.2) is 11.5 Å². The van der Waals surface area contributed by atoms with E-state index in [1.807, 2.05) is 30.3 Å². The van der Waals surface area contributed by atoms with Crippen LogP contribution in [0.2, 0.25) is 5.02 Å². The number of likely N-dealkylation sites (tertiary alicyclic amines) is 1. The van der Waals surface area contributed by atoms with Crippen molar-refractivity contribution in [2.24, 2.45) is 0 Å². The second kappa shape index (κ2) is 9.29. The van der Waals surface area contributed by atoms with Gasteiger partial charge in [-0.3, -0.25) is 4.79 Å². The van der Waals surface area contributed by atoms with Crippen molar-refractivity contribution < 1.29 is 14.3 Å². The Morgan fingerprint density at radius 2 is 1.96 bits per heavy atom. The third-order valence-electron chi connectivity index (χ3n) is 4.58. The SMILES string of the molecule is COc1cc(/C=C(/C#N)C(=O)N2CCCC2)ccc1OCc1ccccc1Cl. The molecule has 0 saturated carbocycles. The molecule has 5 nitrogen and oxygen atoms in total. The Labute approximate surface area is 169 Å². The molecule has 28 heavy (non-hydrogen) atoms. The zero-order valence-corrected chi connectivity index (χ0v) is 16.4. The fourth-order valence-corrected chi connectivity index (χ4v) is 3.25. The summed E-state index contributed by atoms with van der Waals surface area (Å²) in [5.74, 6) is 0.855. The number of ether oxygens (including phenoxy) is 2. The van der Waals surface area contributed by atoms with E-state index in [4.69, 9.17) is 21.1 Å². The van der Waals surface area contributed by atoms with Gasteiger partial charge < -0.3 is 14.4 Å². The standard InChI is InChI=1S/C22H21ClN2O3/c1-27-21-13-16(12-18(14-24)22(26)25-10-4-5-11-25)8-9-20(21)28-15-17-6-2-3-7-19(17)23/h2-3,6-9,12-13H,4-5,10-11,15H2,1H3/b18-12-. The maximum Gasteiger partial charge on any atom is 0.264 e. The van der Waals surface area contributed by atoms with Gasteiger partial charge in [0.25, 0.3) is 5.91 Å². The van der Waals surface area contributed by atoms with E-state index in [-0.39, 0.29) is 11.5 Å². The summed E-state index contributed by atoms with van der Waals surface area (Å²) in [5, 5.41) is 10.0. The second-order valence-electron chi connectivity index (χ2n) is 6.46. The lowest BCUT2D eigenvalue weighted by Gasteiger charge is -2.14. The van der Waals surface area contributed by atoms with E-state index in [0.717, 1.165) is 18.4 Å². The smallest absolute Gasteiger partial charge is 0.264 e. The number of hydrogen-bond donors (Lipinski definition) is 0. The molecule has 0 atom stereocenters. The van der Waals surface area contributed by atoms with Gasteiger partial charge in [-0.2, -0.15) is 5.26 Å². The van der Waals surface area contributed by atoms with Crippen molar-refractivity contribution in [2.45, 2.75) is 19.4 Å². The van der Waals surface area contributed by atoms with E-state index in [1.54, 1.807) is 36.3 Å². The van der Waals surface area contributed by atoms with Gasteiger partial charge in [-0.1, -0.05) is 35.9 Å². The van der Waals surface area contributed by atoms with Gasteiger partial charge in [-0.25, -0.2) is 0 Å². The minimum Gasteiger partial charge on any atom is -0.493 e. The van der Waals surface area contributed by atoms with Crippen LogP contribution in [-0.2, 0) is 11.4 Å². The first-order valence-electron chi connectivity index (χ1n) is 9.07. The highest BCUT2D eigenvalue weighted by Gasteiger charge is 2.21. The minimum absolute atomic E-state index is 0.119. The van der Waals surface area contributed by atoms with Crippen LogP contribution in [0.15, 0.2) is 48.0 Å². The molecular formula is C22H21ClN2O3. The molecule has 0 unspecified atom stereocenters. The monoisotopic (exact) mass is 396 g/mol. The van der Waals surface area contributed by atoms with E-state index in [0.29, 0.717) is 41.8 Å². The highest BCUT2D eigenvalue weighted by atomic mass is 35.5. The average molecular weight is 397 g/mol. The lowest BCUT2D eigenvalue weighted by molar-refractivity contribution is -0.125. The fraction of sp³-hybridized carbons (Fsp3) is 0.273. The first-order chi connectivity index (χ1) is 13.6. The molecule has 0 bridgehead atoms. The molecule has 0 spiro atoms. The number of carbonyl (C=O) groups is 1. The highest BCUT2D eigenvalue weighted by Crippen LogP contribution is 2.30. The summed E-state index contributed by atoms with van der Waals surface area (Å²) in [7, 11) is 1.55. The van der Waals surface area contributed by atoms with Crippen LogP contribution in [0.1, 0.15) is 24.0 Å². The van der Waals surface area contributed by atoms with Gasteiger partial charge in [-0.05, 0) is 42.7 Å². The molecule has 0 N–H and O–H groups in total. The largest absolute Gasteiger partial charge is 0.493 e. The molecule has 0 radical (unpaired) electrons. The normalized spacial score (nSPS) is 13.9. The molecule has 6 heteroatoms. The molecule has 0 aromatic heterocycles. The van der Waals surface area contributed by atoms with Gasteiger partial charge in [0.05, 0.1) is 7.11 Å². The van der Waals surface area contributed by atoms with Crippen molar-refractivity contribution in [3.63, 3.8) is 0 Å². The maximum atomic E-state index is 12.5. The van der Waals surface area contributed by atoms with E-state index < -0.39 is 0 Å². The van der Waals surface area contributed by atoms with Crippen molar-refractivity contribution in [2.75, 3.05) is 20.2 Å². The van der Waals surface area contributed by atoms with Crippen LogP contribution in [0.3, 0.4) is 0 Å². The Hall–Kier alpha value is -2.97. The number of nitriles is 1. The van der Waals surface area contributed by atoms with Crippen LogP contribution in [0, 0.1) is 11.3 Å². The Kier molecular flexibility index (Phi) is 6.57. The zero-order valence-electron chi connectivity index (χ0n) is 15.7. The molecule has 1 aliphatic heterocycles. The molecule has 1 aliphatic rings. The third kappa shape index (κ3) is 4.65. The molecule has 2 aromatic carbocycles. The number of methoxy groups -OCH3 is 1.